The minimum Gasteiger partial charge on any atom is -0.390 e. The van der Waals surface area contributed by atoms with Crippen molar-refractivity contribution < 1.29 is 10.2 Å². The van der Waals surface area contributed by atoms with Crippen LogP contribution in [0.1, 0.15) is 18.1 Å². The fourth-order valence-electron chi connectivity index (χ4n) is 1.50. The first-order valence-corrected chi connectivity index (χ1v) is 6.22. The predicted octanol–water partition coefficient (Wildman–Crippen LogP) is 1.06. The van der Waals surface area contributed by atoms with Crippen LogP contribution in [0.4, 0.5) is 5.69 Å². The summed E-state index contributed by atoms with van der Waals surface area (Å²) in [6.07, 6.45) is -1.44. The Morgan fingerprint density at radius 2 is 2.06 bits per heavy atom. The van der Waals surface area contributed by atoms with E-state index in [1.807, 2.05) is 0 Å². The van der Waals surface area contributed by atoms with Crippen molar-refractivity contribution in [2.24, 2.45) is 5.73 Å². The monoisotopic (exact) mass is 272 g/mol. The first-order valence-electron chi connectivity index (χ1n) is 5.18. The molecule has 0 bridgehead atoms. The molecule has 94 valence electrons. The van der Waals surface area contributed by atoms with Crippen LogP contribution in [0.25, 0.3) is 0 Å². The van der Waals surface area contributed by atoms with Crippen molar-refractivity contribution in [1.29, 1.82) is 0 Å². The number of anilines is 1. The highest BCUT2D eigenvalue weighted by Gasteiger charge is 2.20. The van der Waals surface area contributed by atoms with Gasteiger partial charge < -0.3 is 21.3 Å². The molecule has 0 saturated carbocycles. The number of nitrogens with two attached hydrogens (primary N) is 1. The van der Waals surface area contributed by atoms with E-state index in [9.17, 15) is 10.2 Å². The van der Waals surface area contributed by atoms with Crippen LogP contribution in [0.5, 0.6) is 0 Å². The van der Waals surface area contributed by atoms with E-state index in [2.05, 4.69) is 17.9 Å². The summed E-state index contributed by atoms with van der Waals surface area (Å²) in [6.45, 7) is 0. The lowest BCUT2D eigenvalue weighted by atomic mass is 10.0. The van der Waals surface area contributed by atoms with Gasteiger partial charge in [-0.05, 0) is 30.5 Å². The lowest BCUT2D eigenvalue weighted by Crippen LogP contribution is -2.23. The van der Waals surface area contributed by atoms with E-state index in [4.69, 9.17) is 18.0 Å². The summed E-state index contributed by atoms with van der Waals surface area (Å²) in [5.41, 5.74) is 6.56. The van der Waals surface area contributed by atoms with Crippen LogP contribution in [-0.4, -0.2) is 27.2 Å². The summed E-state index contributed by atoms with van der Waals surface area (Å²) in [5.74, 6) is 0.503. The maximum absolute atomic E-state index is 10.0. The van der Waals surface area contributed by atoms with Crippen molar-refractivity contribution in [3.05, 3.63) is 29.8 Å². The fraction of sp³-hybridized carbons (Fsp3) is 0.364. The molecule has 0 aliphatic carbocycles. The van der Waals surface area contributed by atoms with Gasteiger partial charge in [-0.2, -0.15) is 12.6 Å². The van der Waals surface area contributed by atoms with Crippen LogP contribution in [-0.2, 0) is 0 Å². The smallest absolute Gasteiger partial charge is 0.168 e. The van der Waals surface area contributed by atoms with E-state index in [0.29, 0.717) is 23.4 Å². The van der Waals surface area contributed by atoms with Gasteiger partial charge >= 0.3 is 0 Å². The lowest BCUT2D eigenvalue weighted by Gasteiger charge is -2.20. The molecule has 0 fully saturated rings. The highest BCUT2D eigenvalue weighted by molar-refractivity contribution is 7.80. The Kier molecular flexibility index (Phi) is 5.70. The number of para-hydroxylation sites is 1. The van der Waals surface area contributed by atoms with Crippen molar-refractivity contribution in [1.82, 2.24) is 0 Å². The number of hydrogen-bond acceptors (Lipinski definition) is 4. The van der Waals surface area contributed by atoms with Gasteiger partial charge in [0.15, 0.2) is 5.11 Å². The van der Waals surface area contributed by atoms with Gasteiger partial charge in [0.2, 0.25) is 0 Å². The van der Waals surface area contributed by atoms with Gasteiger partial charge in [-0.15, -0.1) is 0 Å². The van der Waals surface area contributed by atoms with Gasteiger partial charge in [-0.3, -0.25) is 0 Å². The van der Waals surface area contributed by atoms with Crippen molar-refractivity contribution in [2.45, 2.75) is 18.6 Å². The van der Waals surface area contributed by atoms with Crippen molar-refractivity contribution >= 4 is 35.6 Å². The Balaban J connectivity index is 2.91. The van der Waals surface area contributed by atoms with Gasteiger partial charge in [0, 0.05) is 11.3 Å². The zero-order valence-electron chi connectivity index (χ0n) is 9.21. The first-order chi connectivity index (χ1) is 8.06. The quantitative estimate of drug-likeness (QED) is 0.409. The number of aliphatic hydroxyl groups excluding tert-OH is 2. The zero-order valence-corrected chi connectivity index (χ0v) is 10.9. The number of aliphatic hydroxyl groups is 2. The third-order valence-electron chi connectivity index (χ3n) is 2.33. The van der Waals surface area contributed by atoms with E-state index < -0.39 is 12.2 Å². The lowest BCUT2D eigenvalue weighted by molar-refractivity contribution is 0.0177. The fourth-order valence-corrected chi connectivity index (χ4v) is 1.87. The van der Waals surface area contributed by atoms with E-state index in [-0.39, 0.29) is 5.11 Å². The van der Waals surface area contributed by atoms with Crippen LogP contribution < -0.4 is 11.1 Å². The third-order valence-corrected chi connectivity index (χ3v) is 2.69. The Hall–Kier alpha value is -0.820. The number of hydrogen-bond donors (Lipinski definition) is 5. The number of nitrogens with one attached hydrogen (secondary N) is 1. The van der Waals surface area contributed by atoms with E-state index in [1.165, 1.54) is 0 Å². The number of rotatable bonds is 5. The Labute approximate surface area is 111 Å². The minimum absolute atomic E-state index is 0.119. The number of thiocarbonyl (C=S) groups is 1. The summed E-state index contributed by atoms with van der Waals surface area (Å²) < 4.78 is 0. The van der Waals surface area contributed by atoms with Crippen LogP contribution in [0.15, 0.2) is 24.3 Å². The normalized spacial score (nSPS) is 14.1. The summed E-state index contributed by atoms with van der Waals surface area (Å²) in [7, 11) is 0. The van der Waals surface area contributed by atoms with Crippen LogP contribution >= 0.6 is 24.8 Å². The Morgan fingerprint density at radius 3 is 2.65 bits per heavy atom. The van der Waals surface area contributed by atoms with Gasteiger partial charge in [0.1, 0.15) is 6.10 Å². The minimum atomic E-state index is -0.986. The second kappa shape index (κ2) is 6.80. The molecule has 0 radical (unpaired) electrons. The molecule has 2 atom stereocenters. The number of benzene rings is 1. The van der Waals surface area contributed by atoms with E-state index in [1.54, 1.807) is 24.3 Å². The third kappa shape index (κ3) is 4.16. The van der Waals surface area contributed by atoms with Crippen LogP contribution in [0.3, 0.4) is 0 Å². The predicted molar refractivity (Wildman–Crippen MR) is 76.3 cm³/mol. The standard InChI is InChI=1S/C11H16N2O2S2/c12-11(17)13-8-4-2-1-3-7(8)10(15)9(14)5-6-16/h1-4,9-10,14-16H,5-6H2,(H3,12,13,17). The molecular weight excluding hydrogens is 256 g/mol. The molecule has 1 rings (SSSR count). The van der Waals surface area contributed by atoms with Crippen molar-refractivity contribution in [2.75, 3.05) is 11.1 Å². The van der Waals surface area contributed by atoms with Crippen LogP contribution in [0.2, 0.25) is 0 Å². The van der Waals surface area contributed by atoms with Gasteiger partial charge in [-0.1, -0.05) is 18.2 Å². The van der Waals surface area contributed by atoms with Crippen molar-refractivity contribution in [3.63, 3.8) is 0 Å². The summed E-state index contributed by atoms with van der Waals surface area (Å²) in [4.78, 5) is 0. The molecule has 17 heavy (non-hydrogen) atoms. The average molecular weight is 272 g/mol. The highest BCUT2D eigenvalue weighted by Crippen LogP contribution is 2.26. The molecule has 0 aromatic heterocycles. The molecule has 4 nitrogen and oxygen atoms in total. The maximum atomic E-state index is 10.0. The topological polar surface area (TPSA) is 78.5 Å². The number of thiol groups is 1. The molecule has 0 amide bonds. The second-order valence-corrected chi connectivity index (χ2v) is 4.49. The SMILES string of the molecule is NC(=S)Nc1ccccc1C(O)C(O)CCS. The Morgan fingerprint density at radius 1 is 1.41 bits per heavy atom. The summed E-state index contributed by atoms with van der Waals surface area (Å²) in [6, 6.07) is 7.02. The highest BCUT2D eigenvalue weighted by atomic mass is 32.1. The zero-order chi connectivity index (χ0) is 12.8. The molecule has 0 aliphatic rings. The largest absolute Gasteiger partial charge is 0.390 e. The van der Waals surface area contributed by atoms with Gasteiger partial charge in [0.05, 0.1) is 6.10 Å². The maximum Gasteiger partial charge on any atom is 0.168 e. The second-order valence-electron chi connectivity index (χ2n) is 3.60. The molecule has 0 saturated heterocycles. The molecule has 1 aromatic rings. The molecule has 2 unspecified atom stereocenters. The molecular formula is C11H16N2O2S2. The molecule has 1 aromatic carbocycles. The Bertz CT molecular complexity index is 387. The van der Waals surface area contributed by atoms with Gasteiger partial charge in [-0.25, -0.2) is 0 Å². The van der Waals surface area contributed by atoms with E-state index in [0.717, 1.165) is 0 Å². The van der Waals surface area contributed by atoms with E-state index >= 15 is 0 Å². The van der Waals surface area contributed by atoms with Crippen molar-refractivity contribution in [3.8, 4) is 0 Å². The van der Waals surface area contributed by atoms with Crippen LogP contribution in [0, 0.1) is 0 Å². The molecule has 6 heteroatoms. The molecule has 0 aliphatic heterocycles. The van der Waals surface area contributed by atoms with Gasteiger partial charge in [0.25, 0.3) is 0 Å². The summed E-state index contributed by atoms with van der Waals surface area (Å²) >= 11 is 8.77. The summed E-state index contributed by atoms with van der Waals surface area (Å²) in [5, 5.41) is 22.6. The molecule has 0 heterocycles. The molecule has 5 N–H and O–H groups in total. The first kappa shape index (κ1) is 14.2. The average Bonchev–Trinajstić information content (AvgIpc) is 2.28. The molecule has 0 spiro atoms.